The van der Waals surface area contributed by atoms with Gasteiger partial charge in [0.15, 0.2) is 0 Å². The number of rotatable bonds is 6. The lowest BCUT2D eigenvalue weighted by Crippen LogP contribution is -2.28. The molecule has 2 aromatic rings. The Balaban J connectivity index is 1.94. The molecular weight excluding hydrogens is 368 g/mol. The van der Waals surface area contributed by atoms with Crippen LogP contribution in [0.3, 0.4) is 0 Å². The van der Waals surface area contributed by atoms with Crippen LogP contribution in [0, 0.1) is 0 Å². The highest BCUT2D eigenvalue weighted by Crippen LogP contribution is 2.30. The zero-order valence-corrected chi connectivity index (χ0v) is 16.1. The molecule has 8 heteroatoms. The summed E-state index contributed by atoms with van der Waals surface area (Å²) in [6, 6.07) is 11.4. The molecule has 1 amide bonds. The highest BCUT2D eigenvalue weighted by atomic mass is 32.2. The third-order valence-electron chi connectivity index (χ3n) is 4.46. The summed E-state index contributed by atoms with van der Waals surface area (Å²) < 4.78 is 37.8. The van der Waals surface area contributed by atoms with E-state index in [4.69, 9.17) is 9.47 Å². The van der Waals surface area contributed by atoms with Gasteiger partial charge in [-0.25, -0.2) is 8.42 Å². The molecule has 1 N–H and O–H groups in total. The van der Waals surface area contributed by atoms with E-state index in [1.54, 1.807) is 24.3 Å². The molecule has 27 heavy (non-hydrogen) atoms. The summed E-state index contributed by atoms with van der Waals surface area (Å²) in [4.78, 5) is 12.7. The number of carbonyl (C=O) groups is 1. The maximum atomic E-state index is 12.9. The smallest absolute Gasteiger partial charge is 0.255 e. The van der Waals surface area contributed by atoms with Crippen LogP contribution in [0.1, 0.15) is 23.2 Å². The normalized spacial score (nSPS) is 14.7. The molecule has 0 bridgehead atoms. The van der Waals surface area contributed by atoms with E-state index in [1.165, 1.54) is 36.7 Å². The molecule has 1 aliphatic heterocycles. The van der Waals surface area contributed by atoms with Crippen LogP contribution in [0.5, 0.6) is 11.5 Å². The van der Waals surface area contributed by atoms with Crippen LogP contribution >= 0.6 is 0 Å². The minimum atomic E-state index is -3.72. The van der Waals surface area contributed by atoms with Crippen molar-refractivity contribution < 1.29 is 22.7 Å². The van der Waals surface area contributed by atoms with Crippen LogP contribution in [-0.4, -0.2) is 45.9 Å². The molecule has 0 unspecified atom stereocenters. The van der Waals surface area contributed by atoms with Crippen molar-refractivity contribution in [2.75, 3.05) is 32.6 Å². The molecule has 0 atom stereocenters. The Hall–Kier alpha value is -2.58. The van der Waals surface area contributed by atoms with Crippen LogP contribution in [-0.2, 0) is 10.0 Å². The van der Waals surface area contributed by atoms with Crippen molar-refractivity contribution in [3.8, 4) is 11.5 Å². The van der Waals surface area contributed by atoms with E-state index in [0.29, 0.717) is 24.5 Å². The summed E-state index contributed by atoms with van der Waals surface area (Å²) >= 11 is 0. The van der Waals surface area contributed by atoms with Gasteiger partial charge in [-0.15, -0.1) is 0 Å². The Labute approximate surface area is 158 Å². The summed E-state index contributed by atoms with van der Waals surface area (Å²) in [6.07, 6.45) is 1.66. The summed E-state index contributed by atoms with van der Waals surface area (Å²) in [6.45, 7) is 0.951. The average Bonchev–Trinajstić information content (AvgIpc) is 3.23. The van der Waals surface area contributed by atoms with Gasteiger partial charge in [0.05, 0.1) is 19.9 Å². The van der Waals surface area contributed by atoms with Crippen molar-refractivity contribution in [2.24, 2.45) is 0 Å². The number of nitrogens with one attached hydrogen (secondary N) is 1. The van der Waals surface area contributed by atoms with Crippen molar-refractivity contribution in [1.82, 2.24) is 4.31 Å². The molecule has 3 rings (SSSR count). The van der Waals surface area contributed by atoms with Crippen molar-refractivity contribution >= 4 is 21.6 Å². The maximum absolute atomic E-state index is 12.9. The zero-order valence-electron chi connectivity index (χ0n) is 15.3. The predicted molar refractivity (Wildman–Crippen MR) is 102 cm³/mol. The van der Waals surface area contributed by atoms with E-state index in [1.807, 2.05) is 0 Å². The summed E-state index contributed by atoms with van der Waals surface area (Å²) in [5, 5.41) is 2.75. The number of ether oxygens (including phenoxy) is 2. The number of hydrogen-bond acceptors (Lipinski definition) is 5. The number of benzene rings is 2. The second-order valence-corrected chi connectivity index (χ2v) is 8.04. The van der Waals surface area contributed by atoms with E-state index in [-0.39, 0.29) is 16.2 Å². The number of nitrogens with zero attached hydrogens (tertiary/aromatic N) is 1. The zero-order chi connectivity index (χ0) is 19.4. The Morgan fingerprint density at radius 3 is 2.33 bits per heavy atom. The van der Waals surface area contributed by atoms with Crippen LogP contribution in [0.4, 0.5) is 5.69 Å². The fourth-order valence-corrected chi connectivity index (χ4v) is 4.73. The molecule has 1 fully saturated rings. The quantitative estimate of drug-likeness (QED) is 0.820. The monoisotopic (exact) mass is 390 g/mol. The van der Waals surface area contributed by atoms with E-state index in [2.05, 4.69) is 5.32 Å². The van der Waals surface area contributed by atoms with Crippen LogP contribution in [0.15, 0.2) is 47.4 Å². The standard InChI is InChI=1S/C19H22N2O5S/c1-25-16-8-4-3-7-15(16)20-19(22)14-9-10-17(26-2)18(13-14)27(23,24)21-11-5-6-12-21/h3-4,7-10,13H,5-6,11-12H2,1-2H3,(H,20,22). The second-order valence-electron chi connectivity index (χ2n) is 6.13. The van der Waals surface area contributed by atoms with Gasteiger partial charge >= 0.3 is 0 Å². The van der Waals surface area contributed by atoms with Crippen LogP contribution in [0.25, 0.3) is 0 Å². The lowest BCUT2D eigenvalue weighted by molar-refractivity contribution is 0.102. The molecular formula is C19H22N2O5S. The number of amides is 1. The van der Waals surface area contributed by atoms with E-state index >= 15 is 0 Å². The molecule has 0 radical (unpaired) electrons. The molecule has 0 spiro atoms. The van der Waals surface area contributed by atoms with Crippen LogP contribution in [0.2, 0.25) is 0 Å². The van der Waals surface area contributed by atoms with Crippen molar-refractivity contribution in [1.29, 1.82) is 0 Å². The van der Waals surface area contributed by atoms with Gasteiger partial charge in [-0.05, 0) is 43.2 Å². The van der Waals surface area contributed by atoms with Gasteiger partial charge in [0, 0.05) is 18.7 Å². The summed E-state index contributed by atoms with van der Waals surface area (Å²) in [5.41, 5.74) is 0.726. The lowest BCUT2D eigenvalue weighted by atomic mass is 10.2. The SMILES string of the molecule is COc1ccccc1NC(=O)c1ccc(OC)c(S(=O)(=O)N2CCCC2)c1. The topological polar surface area (TPSA) is 84.9 Å². The fraction of sp³-hybridized carbons (Fsp3) is 0.316. The molecule has 1 heterocycles. The van der Waals surface area contributed by atoms with E-state index in [0.717, 1.165) is 12.8 Å². The number of para-hydroxylation sites is 2. The number of carbonyl (C=O) groups excluding carboxylic acids is 1. The first-order valence-electron chi connectivity index (χ1n) is 8.60. The van der Waals surface area contributed by atoms with Gasteiger partial charge in [0.2, 0.25) is 10.0 Å². The van der Waals surface area contributed by atoms with Crippen molar-refractivity contribution in [2.45, 2.75) is 17.7 Å². The average molecular weight is 390 g/mol. The van der Waals surface area contributed by atoms with Gasteiger partial charge in [0.1, 0.15) is 16.4 Å². The molecule has 1 aliphatic rings. The molecule has 0 aromatic heterocycles. The van der Waals surface area contributed by atoms with Gasteiger partial charge in [-0.1, -0.05) is 12.1 Å². The van der Waals surface area contributed by atoms with Crippen molar-refractivity contribution in [3.05, 3.63) is 48.0 Å². The first kappa shape index (κ1) is 19.2. The van der Waals surface area contributed by atoms with Gasteiger partial charge in [-0.2, -0.15) is 4.31 Å². The number of sulfonamides is 1. The molecule has 1 saturated heterocycles. The molecule has 2 aromatic carbocycles. The van der Waals surface area contributed by atoms with E-state index < -0.39 is 15.9 Å². The Morgan fingerprint density at radius 2 is 1.67 bits per heavy atom. The summed E-state index contributed by atoms with van der Waals surface area (Å²) in [7, 11) is -0.797. The molecule has 0 saturated carbocycles. The Bertz CT molecular complexity index is 937. The number of anilines is 1. The van der Waals surface area contributed by atoms with Crippen molar-refractivity contribution in [3.63, 3.8) is 0 Å². The third-order valence-corrected chi connectivity index (χ3v) is 6.38. The first-order valence-corrected chi connectivity index (χ1v) is 10.0. The molecule has 0 aliphatic carbocycles. The number of methoxy groups -OCH3 is 2. The summed E-state index contributed by atoms with van der Waals surface area (Å²) in [5.74, 6) is 0.306. The predicted octanol–water partition coefficient (Wildman–Crippen LogP) is 2.74. The number of hydrogen-bond donors (Lipinski definition) is 1. The first-order chi connectivity index (χ1) is 13.0. The van der Waals surface area contributed by atoms with Gasteiger partial charge < -0.3 is 14.8 Å². The van der Waals surface area contributed by atoms with Gasteiger partial charge in [-0.3, -0.25) is 4.79 Å². The third kappa shape index (κ3) is 3.91. The van der Waals surface area contributed by atoms with Gasteiger partial charge in [0.25, 0.3) is 5.91 Å². The lowest BCUT2D eigenvalue weighted by Gasteiger charge is -2.18. The highest BCUT2D eigenvalue weighted by molar-refractivity contribution is 7.89. The minimum Gasteiger partial charge on any atom is -0.495 e. The second kappa shape index (κ2) is 7.98. The molecule has 7 nitrogen and oxygen atoms in total. The molecule has 144 valence electrons. The largest absolute Gasteiger partial charge is 0.495 e. The van der Waals surface area contributed by atoms with E-state index in [9.17, 15) is 13.2 Å². The van der Waals surface area contributed by atoms with Crippen LogP contribution < -0.4 is 14.8 Å². The maximum Gasteiger partial charge on any atom is 0.255 e. The minimum absolute atomic E-state index is 0.000392. The highest BCUT2D eigenvalue weighted by Gasteiger charge is 2.30. The Kier molecular flexibility index (Phi) is 5.67. The fourth-order valence-electron chi connectivity index (χ4n) is 3.03. The Morgan fingerprint density at radius 1 is 1.00 bits per heavy atom.